The fourth-order valence-electron chi connectivity index (χ4n) is 2.19. The van der Waals surface area contributed by atoms with Crippen LogP contribution in [0.2, 0.25) is 0 Å². The molecule has 0 atom stereocenters. The van der Waals surface area contributed by atoms with Gasteiger partial charge in [-0.2, -0.15) is 4.80 Å². The average molecular weight is 220 g/mol. The van der Waals surface area contributed by atoms with Crippen LogP contribution in [-0.2, 0) is 18.3 Å². The maximum Gasteiger partial charge on any atom is 0.178 e. The molecule has 16 heavy (non-hydrogen) atoms. The molecule has 0 unspecified atom stereocenters. The number of aromatic nitrogens is 4. The Morgan fingerprint density at radius 2 is 2.19 bits per heavy atom. The zero-order valence-electron chi connectivity index (χ0n) is 9.90. The lowest BCUT2D eigenvalue weighted by molar-refractivity contribution is -0.117. The van der Waals surface area contributed by atoms with Crippen molar-refractivity contribution in [3.63, 3.8) is 0 Å². The van der Waals surface area contributed by atoms with Gasteiger partial charge < -0.3 is 0 Å². The quantitative estimate of drug-likeness (QED) is 0.748. The summed E-state index contributed by atoms with van der Waals surface area (Å²) in [6.07, 6.45) is 3.92. The van der Waals surface area contributed by atoms with Gasteiger partial charge in [0.25, 0.3) is 0 Å². The van der Waals surface area contributed by atoms with Crippen LogP contribution in [0.5, 0.6) is 0 Å². The second-order valence-corrected chi connectivity index (χ2v) is 5.16. The van der Waals surface area contributed by atoms with Gasteiger partial charge in [0, 0.05) is 12.8 Å². The molecule has 0 spiro atoms. The molecule has 1 aliphatic rings. The van der Waals surface area contributed by atoms with Gasteiger partial charge in [-0.1, -0.05) is 19.4 Å². The largest absolute Gasteiger partial charge is 0.295 e. The zero-order chi connectivity index (χ0) is 11.8. The summed E-state index contributed by atoms with van der Waals surface area (Å²) in [4.78, 5) is 13.0. The number of ketones is 1. The standard InChI is InChI=1S/C11H16N4O/c1-11(2)6-8(4-9(16)7-11)5-10-12-14-15(3)13-10/h4H,5-7H2,1-3H3. The summed E-state index contributed by atoms with van der Waals surface area (Å²) in [7, 11) is 1.74. The fraction of sp³-hybridized carbons (Fsp3) is 0.636. The van der Waals surface area contributed by atoms with E-state index in [0.29, 0.717) is 18.7 Å². The van der Waals surface area contributed by atoms with Crippen molar-refractivity contribution in [2.24, 2.45) is 12.5 Å². The Hall–Kier alpha value is -1.52. The molecule has 5 heteroatoms. The fourth-order valence-corrected chi connectivity index (χ4v) is 2.19. The normalized spacial score (nSPS) is 19.7. The van der Waals surface area contributed by atoms with Crippen LogP contribution in [0.1, 0.15) is 32.5 Å². The summed E-state index contributed by atoms with van der Waals surface area (Å²) >= 11 is 0. The van der Waals surface area contributed by atoms with Gasteiger partial charge in [0.2, 0.25) is 0 Å². The first kappa shape index (κ1) is 11.0. The minimum atomic E-state index is 0.0589. The van der Waals surface area contributed by atoms with Crippen molar-refractivity contribution in [3.8, 4) is 0 Å². The van der Waals surface area contributed by atoms with Crippen LogP contribution >= 0.6 is 0 Å². The van der Waals surface area contributed by atoms with Crippen molar-refractivity contribution >= 4 is 5.78 Å². The number of carbonyl (C=O) groups is 1. The van der Waals surface area contributed by atoms with Gasteiger partial charge in [0.15, 0.2) is 11.6 Å². The summed E-state index contributed by atoms with van der Waals surface area (Å²) < 4.78 is 0. The first-order valence-electron chi connectivity index (χ1n) is 5.40. The van der Waals surface area contributed by atoms with Crippen LogP contribution in [0.3, 0.4) is 0 Å². The van der Waals surface area contributed by atoms with Crippen molar-refractivity contribution < 1.29 is 4.79 Å². The van der Waals surface area contributed by atoms with Gasteiger partial charge in [-0.25, -0.2) is 0 Å². The van der Waals surface area contributed by atoms with Crippen molar-refractivity contribution in [2.45, 2.75) is 33.1 Å². The molecular weight excluding hydrogens is 204 g/mol. The molecule has 5 nitrogen and oxygen atoms in total. The van der Waals surface area contributed by atoms with E-state index in [1.54, 1.807) is 13.1 Å². The van der Waals surface area contributed by atoms with Gasteiger partial charge in [-0.15, -0.1) is 10.2 Å². The predicted molar refractivity (Wildman–Crippen MR) is 58.6 cm³/mol. The Morgan fingerprint density at radius 3 is 2.75 bits per heavy atom. The number of allylic oxidation sites excluding steroid dienone is 2. The molecule has 1 aromatic rings. The average Bonchev–Trinajstić information content (AvgIpc) is 2.46. The molecule has 1 heterocycles. The molecule has 0 N–H and O–H groups in total. The summed E-state index contributed by atoms with van der Waals surface area (Å²) in [5, 5.41) is 11.8. The number of nitrogens with zero attached hydrogens (tertiary/aromatic N) is 4. The second kappa shape index (κ2) is 3.81. The molecule has 1 aliphatic carbocycles. The summed E-state index contributed by atoms with van der Waals surface area (Å²) in [6.45, 7) is 4.23. The Labute approximate surface area is 94.5 Å². The van der Waals surface area contributed by atoms with Crippen LogP contribution in [0.25, 0.3) is 0 Å². The van der Waals surface area contributed by atoms with Crippen molar-refractivity contribution in [2.75, 3.05) is 0 Å². The topological polar surface area (TPSA) is 60.7 Å². The van der Waals surface area contributed by atoms with Gasteiger partial charge >= 0.3 is 0 Å². The van der Waals surface area contributed by atoms with Crippen LogP contribution in [0, 0.1) is 5.41 Å². The highest BCUT2D eigenvalue weighted by atomic mass is 16.1. The predicted octanol–water partition coefficient (Wildman–Crippen LogP) is 1.07. The number of rotatable bonds is 2. The molecule has 0 amide bonds. The van der Waals surface area contributed by atoms with E-state index in [2.05, 4.69) is 29.3 Å². The van der Waals surface area contributed by atoms with Gasteiger partial charge in [0.05, 0.1) is 7.05 Å². The molecule has 86 valence electrons. The van der Waals surface area contributed by atoms with E-state index < -0.39 is 0 Å². The summed E-state index contributed by atoms with van der Waals surface area (Å²) in [5.41, 5.74) is 1.16. The highest BCUT2D eigenvalue weighted by Gasteiger charge is 2.27. The van der Waals surface area contributed by atoms with Gasteiger partial charge in [0.1, 0.15) is 0 Å². The Morgan fingerprint density at radius 1 is 1.44 bits per heavy atom. The molecule has 0 bridgehead atoms. The van der Waals surface area contributed by atoms with Crippen LogP contribution in [-0.4, -0.2) is 26.0 Å². The number of tetrazole rings is 1. The highest BCUT2D eigenvalue weighted by molar-refractivity contribution is 5.91. The maximum atomic E-state index is 11.5. The minimum Gasteiger partial charge on any atom is -0.295 e. The van der Waals surface area contributed by atoms with Crippen LogP contribution in [0.4, 0.5) is 0 Å². The summed E-state index contributed by atoms with van der Waals surface area (Å²) in [6, 6.07) is 0. The van der Waals surface area contributed by atoms with E-state index in [0.717, 1.165) is 12.0 Å². The monoisotopic (exact) mass is 220 g/mol. The molecule has 2 rings (SSSR count). The molecule has 0 saturated carbocycles. The van der Waals surface area contributed by atoms with Crippen LogP contribution in [0.15, 0.2) is 11.6 Å². The van der Waals surface area contributed by atoms with E-state index >= 15 is 0 Å². The van der Waals surface area contributed by atoms with Gasteiger partial charge in [-0.3, -0.25) is 4.79 Å². The van der Waals surface area contributed by atoms with E-state index in [-0.39, 0.29) is 11.2 Å². The first-order valence-corrected chi connectivity index (χ1v) is 5.40. The molecule has 0 fully saturated rings. The number of hydrogen-bond donors (Lipinski definition) is 0. The lowest BCUT2D eigenvalue weighted by Crippen LogP contribution is -2.22. The third-order valence-corrected chi connectivity index (χ3v) is 2.66. The number of aryl methyl sites for hydroxylation is 1. The molecule has 0 saturated heterocycles. The van der Waals surface area contributed by atoms with E-state index in [1.165, 1.54) is 4.80 Å². The molecule has 0 aliphatic heterocycles. The third kappa shape index (κ3) is 2.53. The van der Waals surface area contributed by atoms with E-state index in [4.69, 9.17) is 0 Å². The Bertz CT molecular complexity index is 445. The smallest absolute Gasteiger partial charge is 0.178 e. The minimum absolute atomic E-state index is 0.0589. The van der Waals surface area contributed by atoms with Crippen molar-refractivity contribution in [1.82, 2.24) is 20.2 Å². The molecule has 1 aromatic heterocycles. The van der Waals surface area contributed by atoms with Gasteiger partial charge in [-0.05, 0) is 23.1 Å². The lowest BCUT2D eigenvalue weighted by Gasteiger charge is -2.28. The Kier molecular flexibility index (Phi) is 2.61. The molecule has 0 aromatic carbocycles. The number of hydrogen-bond acceptors (Lipinski definition) is 4. The molecular formula is C11H16N4O. The lowest BCUT2D eigenvalue weighted by atomic mass is 9.76. The summed E-state index contributed by atoms with van der Waals surface area (Å²) in [5.74, 6) is 0.884. The maximum absolute atomic E-state index is 11.5. The SMILES string of the molecule is Cn1nnc(CC2=CC(=O)CC(C)(C)C2)n1. The number of carbonyl (C=O) groups excluding carboxylic acids is 1. The third-order valence-electron chi connectivity index (χ3n) is 2.66. The second-order valence-electron chi connectivity index (χ2n) is 5.16. The van der Waals surface area contributed by atoms with Crippen molar-refractivity contribution in [1.29, 1.82) is 0 Å². The first-order chi connectivity index (χ1) is 7.44. The van der Waals surface area contributed by atoms with E-state index in [9.17, 15) is 4.79 Å². The zero-order valence-corrected chi connectivity index (χ0v) is 9.90. The van der Waals surface area contributed by atoms with E-state index in [1.807, 2.05) is 0 Å². The van der Waals surface area contributed by atoms with Crippen LogP contribution < -0.4 is 0 Å². The van der Waals surface area contributed by atoms with Crippen molar-refractivity contribution in [3.05, 3.63) is 17.5 Å². The highest BCUT2D eigenvalue weighted by Crippen LogP contribution is 2.34. The molecule has 0 radical (unpaired) electrons. The Balaban J connectivity index is 2.13.